The Morgan fingerprint density at radius 3 is 2.94 bits per heavy atom. The number of hydrogen-bond acceptors (Lipinski definition) is 5. The Balaban J connectivity index is 2.16. The lowest BCUT2D eigenvalue weighted by molar-refractivity contribution is -0.133. The molecule has 0 bridgehead atoms. The van der Waals surface area contributed by atoms with E-state index in [0.29, 0.717) is 12.0 Å². The number of piperidine rings is 1. The topological polar surface area (TPSA) is 97.1 Å². The molecule has 1 aromatic heterocycles. The van der Waals surface area contributed by atoms with Gasteiger partial charge in [-0.15, -0.1) is 0 Å². The monoisotopic (exact) mass is 252 g/mol. The third kappa shape index (κ3) is 2.62. The molecule has 1 saturated heterocycles. The van der Waals surface area contributed by atoms with E-state index < -0.39 is 17.9 Å². The van der Waals surface area contributed by atoms with Crippen LogP contribution < -0.4 is 16.4 Å². The van der Waals surface area contributed by atoms with Crippen LogP contribution in [0.25, 0.3) is 0 Å². The molecule has 0 spiro atoms. The molecule has 0 aromatic carbocycles. The van der Waals surface area contributed by atoms with Crippen LogP contribution in [0.4, 0.5) is 10.2 Å². The summed E-state index contributed by atoms with van der Waals surface area (Å²) in [5.41, 5.74) is 6.12. The average molecular weight is 252 g/mol. The van der Waals surface area contributed by atoms with E-state index in [-0.39, 0.29) is 24.7 Å². The van der Waals surface area contributed by atoms with Gasteiger partial charge in [0.05, 0.1) is 0 Å². The molecule has 6 nitrogen and oxygen atoms in total. The number of hydrogen-bond donors (Lipinski definition) is 3. The third-order valence-electron chi connectivity index (χ3n) is 2.71. The lowest BCUT2D eigenvalue weighted by atomic mass is 10.1. The van der Waals surface area contributed by atoms with Gasteiger partial charge in [0, 0.05) is 18.5 Å². The van der Waals surface area contributed by atoms with Gasteiger partial charge in [-0.05, 0) is 18.6 Å². The zero-order valence-electron chi connectivity index (χ0n) is 9.57. The number of anilines is 1. The molecule has 2 amide bonds. The normalized spacial score (nSPS) is 19.6. The van der Waals surface area contributed by atoms with E-state index in [0.717, 1.165) is 0 Å². The molecule has 2 heterocycles. The van der Waals surface area contributed by atoms with Gasteiger partial charge in [-0.3, -0.25) is 14.9 Å². The van der Waals surface area contributed by atoms with E-state index in [4.69, 9.17) is 5.73 Å². The van der Waals surface area contributed by atoms with Crippen LogP contribution in [0, 0.1) is 5.95 Å². The maximum atomic E-state index is 13.1. The van der Waals surface area contributed by atoms with Gasteiger partial charge in [-0.2, -0.15) is 4.39 Å². The summed E-state index contributed by atoms with van der Waals surface area (Å²) in [6, 6.07) is 2.12. The molecule has 4 N–H and O–H groups in total. The van der Waals surface area contributed by atoms with Crippen molar-refractivity contribution >= 4 is 17.6 Å². The molecule has 1 aliphatic rings. The van der Waals surface area contributed by atoms with Crippen molar-refractivity contribution in [2.75, 3.05) is 5.32 Å². The minimum absolute atomic E-state index is 0.183. The summed E-state index contributed by atoms with van der Waals surface area (Å²) < 4.78 is 13.1. The lowest BCUT2D eigenvalue weighted by Gasteiger charge is -2.23. The van der Waals surface area contributed by atoms with Gasteiger partial charge in [0.2, 0.25) is 17.8 Å². The van der Waals surface area contributed by atoms with E-state index in [1.54, 1.807) is 0 Å². The van der Waals surface area contributed by atoms with Gasteiger partial charge in [0.25, 0.3) is 0 Å². The number of carbonyl (C=O) groups excluding carboxylic acids is 2. The SMILES string of the molecule is NCc1ccc(F)nc1NC1CCC(=O)NC1=O. The molecule has 1 atom stereocenters. The van der Waals surface area contributed by atoms with Crippen molar-refractivity contribution in [2.45, 2.75) is 25.4 Å². The standard InChI is InChI=1S/C11H13FN4O2/c12-8-3-1-6(5-13)10(15-8)14-7-2-4-9(17)16-11(7)18/h1,3,7H,2,4-5,13H2,(H,14,15)(H,16,17,18). The van der Waals surface area contributed by atoms with E-state index in [1.165, 1.54) is 12.1 Å². The minimum Gasteiger partial charge on any atom is -0.358 e. The lowest BCUT2D eigenvalue weighted by Crippen LogP contribution is -2.47. The van der Waals surface area contributed by atoms with Crippen LogP contribution in [0.3, 0.4) is 0 Å². The quantitative estimate of drug-likeness (QED) is 0.515. The summed E-state index contributed by atoms with van der Waals surface area (Å²) in [6.07, 6.45) is 0.601. The molecule has 1 fully saturated rings. The Labute approximate surface area is 103 Å². The summed E-state index contributed by atoms with van der Waals surface area (Å²) in [7, 11) is 0. The van der Waals surface area contributed by atoms with Crippen LogP contribution in [-0.4, -0.2) is 22.8 Å². The molecule has 7 heteroatoms. The number of halogens is 1. The third-order valence-corrected chi connectivity index (χ3v) is 2.71. The number of carbonyl (C=O) groups is 2. The van der Waals surface area contributed by atoms with Crippen molar-refractivity contribution in [3.63, 3.8) is 0 Å². The molecule has 2 rings (SSSR count). The highest BCUT2D eigenvalue weighted by atomic mass is 19.1. The van der Waals surface area contributed by atoms with E-state index in [2.05, 4.69) is 15.6 Å². The van der Waals surface area contributed by atoms with Crippen LogP contribution in [-0.2, 0) is 16.1 Å². The van der Waals surface area contributed by atoms with E-state index in [1.807, 2.05) is 0 Å². The molecular weight excluding hydrogens is 239 g/mol. The molecule has 0 saturated carbocycles. The zero-order chi connectivity index (χ0) is 13.1. The molecule has 0 aliphatic carbocycles. The molecule has 1 unspecified atom stereocenters. The largest absolute Gasteiger partial charge is 0.358 e. The van der Waals surface area contributed by atoms with Crippen LogP contribution in [0.5, 0.6) is 0 Å². The maximum absolute atomic E-state index is 13.1. The van der Waals surface area contributed by atoms with Crippen molar-refractivity contribution in [2.24, 2.45) is 5.73 Å². The number of rotatable bonds is 3. The number of aromatic nitrogens is 1. The molecular formula is C11H13FN4O2. The smallest absolute Gasteiger partial charge is 0.249 e. The highest BCUT2D eigenvalue weighted by Gasteiger charge is 2.27. The summed E-state index contributed by atoms with van der Waals surface area (Å²) in [6.45, 7) is 0.183. The first-order valence-electron chi connectivity index (χ1n) is 5.56. The first-order valence-corrected chi connectivity index (χ1v) is 5.56. The Hall–Kier alpha value is -2.02. The number of nitrogens with zero attached hydrogens (tertiary/aromatic N) is 1. The number of amides is 2. The summed E-state index contributed by atoms with van der Waals surface area (Å²) >= 11 is 0. The van der Waals surface area contributed by atoms with E-state index in [9.17, 15) is 14.0 Å². The number of imide groups is 1. The highest BCUT2D eigenvalue weighted by Crippen LogP contribution is 2.16. The van der Waals surface area contributed by atoms with Crippen LogP contribution in [0.15, 0.2) is 12.1 Å². The van der Waals surface area contributed by atoms with Crippen molar-refractivity contribution < 1.29 is 14.0 Å². The van der Waals surface area contributed by atoms with Crippen LogP contribution in [0.2, 0.25) is 0 Å². The van der Waals surface area contributed by atoms with Crippen LogP contribution >= 0.6 is 0 Å². The first kappa shape index (κ1) is 12.4. The van der Waals surface area contributed by atoms with Crippen molar-refractivity contribution in [3.05, 3.63) is 23.6 Å². The van der Waals surface area contributed by atoms with Gasteiger partial charge >= 0.3 is 0 Å². The molecule has 1 aliphatic heterocycles. The second-order valence-corrected chi connectivity index (χ2v) is 3.99. The molecule has 96 valence electrons. The van der Waals surface area contributed by atoms with E-state index >= 15 is 0 Å². The second-order valence-electron chi connectivity index (χ2n) is 3.99. The molecule has 0 radical (unpaired) electrons. The molecule has 1 aromatic rings. The summed E-state index contributed by atoms with van der Waals surface area (Å²) in [4.78, 5) is 26.2. The second kappa shape index (κ2) is 5.09. The van der Waals surface area contributed by atoms with Gasteiger partial charge < -0.3 is 11.1 Å². The highest BCUT2D eigenvalue weighted by molar-refractivity contribution is 6.01. The maximum Gasteiger partial charge on any atom is 0.249 e. The fraction of sp³-hybridized carbons (Fsp3) is 0.364. The van der Waals surface area contributed by atoms with Crippen molar-refractivity contribution in [3.8, 4) is 0 Å². The number of pyridine rings is 1. The summed E-state index contributed by atoms with van der Waals surface area (Å²) in [5.74, 6) is -1.14. The Bertz CT molecular complexity index is 492. The van der Waals surface area contributed by atoms with Gasteiger partial charge in [-0.25, -0.2) is 4.98 Å². The minimum atomic E-state index is -0.651. The van der Waals surface area contributed by atoms with Gasteiger partial charge in [-0.1, -0.05) is 0 Å². The Kier molecular flexibility index (Phi) is 3.52. The number of nitrogens with two attached hydrogens (primary N) is 1. The van der Waals surface area contributed by atoms with Crippen LogP contribution in [0.1, 0.15) is 18.4 Å². The predicted octanol–water partition coefficient (Wildman–Crippen LogP) is -0.104. The first-order chi connectivity index (χ1) is 8.60. The average Bonchev–Trinajstić information content (AvgIpc) is 2.33. The fourth-order valence-electron chi connectivity index (χ4n) is 1.75. The van der Waals surface area contributed by atoms with Gasteiger partial charge in [0.15, 0.2) is 0 Å². The zero-order valence-corrected chi connectivity index (χ0v) is 9.57. The predicted molar refractivity (Wildman–Crippen MR) is 61.9 cm³/mol. The number of nitrogens with one attached hydrogen (secondary N) is 2. The van der Waals surface area contributed by atoms with Crippen molar-refractivity contribution in [1.29, 1.82) is 0 Å². The van der Waals surface area contributed by atoms with Crippen molar-refractivity contribution in [1.82, 2.24) is 10.3 Å². The summed E-state index contributed by atoms with van der Waals surface area (Å²) in [5, 5.41) is 5.02. The van der Waals surface area contributed by atoms with Gasteiger partial charge in [0.1, 0.15) is 11.9 Å². The Morgan fingerprint density at radius 1 is 1.50 bits per heavy atom. The fourth-order valence-corrected chi connectivity index (χ4v) is 1.75. The Morgan fingerprint density at radius 2 is 2.28 bits per heavy atom. The molecule has 18 heavy (non-hydrogen) atoms.